The van der Waals surface area contributed by atoms with E-state index in [1.807, 2.05) is 6.07 Å². The molecule has 222 valence electrons. The number of aromatic nitrogens is 2. The van der Waals surface area contributed by atoms with Crippen LogP contribution < -0.4 is 9.64 Å². The third-order valence-corrected chi connectivity index (χ3v) is 8.53. The van der Waals surface area contributed by atoms with Gasteiger partial charge in [0.1, 0.15) is 11.4 Å². The van der Waals surface area contributed by atoms with E-state index in [2.05, 4.69) is 86.6 Å². The minimum Gasteiger partial charge on any atom is -0.493 e. The first-order chi connectivity index (χ1) is 20.5. The third kappa shape index (κ3) is 5.16. The zero-order valence-corrected chi connectivity index (χ0v) is 25.9. The average molecular weight is 568 g/mol. The maximum Gasteiger partial charge on any atom is 0.341 e. The molecule has 42 heavy (non-hydrogen) atoms. The topological polar surface area (TPSA) is 56.6 Å². The van der Waals surface area contributed by atoms with Crippen molar-refractivity contribution in [1.29, 1.82) is 0 Å². The van der Waals surface area contributed by atoms with Crippen LogP contribution in [-0.2, 0) is 16.9 Å². The fourth-order valence-electron chi connectivity index (χ4n) is 6.37. The van der Waals surface area contributed by atoms with Crippen LogP contribution in [0.5, 0.6) is 5.75 Å². The summed E-state index contributed by atoms with van der Waals surface area (Å²) >= 11 is 0. The molecule has 3 heterocycles. The Labute approximate surface area is 250 Å². The van der Waals surface area contributed by atoms with Crippen molar-refractivity contribution in [1.82, 2.24) is 9.55 Å². The average Bonchev–Trinajstić information content (AvgIpc) is 3.47. The van der Waals surface area contributed by atoms with Gasteiger partial charge in [0.15, 0.2) is 0 Å². The summed E-state index contributed by atoms with van der Waals surface area (Å²) in [7, 11) is 0. The highest BCUT2D eigenvalue weighted by Gasteiger charge is 2.54. The minimum absolute atomic E-state index is 0.359. The smallest absolute Gasteiger partial charge is 0.341 e. The standard InChI is InChI=1S/C36H45N3O3/c1-6-10-22-38(23-11-7-2)27-19-20-30(32(25-27)41-24-12-8-3)36(34-29(35(40)42-36)17-15-21-37-34)33-26(5)39(9-4)31-18-14-13-16-28(31)33/h13-21,25H,6-12,22-24H2,1-5H3. The number of anilines is 1. The molecule has 0 saturated carbocycles. The molecule has 0 bridgehead atoms. The molecule has 6 nitrogen and oxygen atoms in total. The van der Waals surface area contributed by atoms with Gasteiger partial charge in [0.2, 0.25) is 5.60 Å². The lowest BCUT2D eigenvalue weighted by atomic mass is 9.80. The van der Waals surface area contributed by atoms with Crippen LogP contribution in [0.3, 0.4) is 0 Å². The highest BCUT2D eigenvalue weighted by atomic mass is 16.6. The van der Waals surface area contributed by atoms with E-state index in [4.69, 9.17) is 14.5 Å². The number of rotatable bonds is 14. The number of fused-ring (bicyclic) bond motifs is 2. The maximum atomic E-state index is 13.6. The number of benzene rings is 2. The van der Waals surface area contributed by atoms with E-state index in [1.165, 1.54) is 0 Å². The second-order valence-corrected chi connectivity index (χ2v) is 11.3. The van der Waals surface area contributed by atoms with Crippen LogP contribution in [0, 0.1) is 6.92 Å². The van der Waals surface area contributed by atoms with Crippen molar-refractivity contribution in [2.75, 3.05) is 24.6 Å². The number of carbonyl (C=O) groups excluding carboxylic acids is 1. The Balaban J connectivity index is 1.80. The van der Waals surface area contributed by atoms with Gasteiger partial charge in [-0.2, -0.15) is 0 Å². The Kier molecular flexibility index (Phi) is 9.20. The summed E-state index contributed by atoms with van der Waals surface area (Å²) in [4.78, 5) is 20.9. The summed E-state index contributed by atoms with van der Waals surface area (Å²) in [5.74, 6) is 0.389. The van der Waals surface area contributed by atoms with Crippen LogP contribution in [-0.4, -0.2) is 35.2 Å². The van der Waals surface area contributed by atoms with E-state index in [9.17, 15) is 4.79 Å². The Bertz CT molecular complexity index is 1530. The molecule has 0 fully saturated rings. The molecule has 1 aliphatic rings. The Hall–Kier alpha value is -3.80. The number of carbonyl (C=O) groups is 1. The number of para-hydroxylation sites is 1. The molecule has 5 rings (SSSR count). The van der Waals surface area contributed by atoms with Crippen LogP contribution in [0.25, 0.3) is 10.9 Å². The van der Waals surface area contributed by atoms with Gasteiger partial charge in [-0.25, -0.2) is 4.79 Å². The maximum absolute atomic E-state index is 13.6. The van der Waals surface area contributed by atoms with Gasteiger partial charge in [-0.15, -0.1) is 0 Å². The lowest BCUT2D eigenvalue weighted by Gasteiger charge is -2.33. The number of pyridine rings is 1. The van der Waals surface area contributed by atoms with Crippen LogP contribution in [0.1, 0.15) is 99.1 Å². The van der Waals surface area contributed by atoms with Crippen molar-refractivity contribution >= 4 is 22.6 Å². The van der Waals surface area contributed by atoms with Gasteiger partial charge >= 0.3 is 5.97 Å². The van der Waals surface area contributed by atoms with Crippen molar-refractivity contribution in [3.8, 4) is 5.75 Å². The summed E-state index contributed by atoms with van der Waals surface area (Å²) in [5.41, 5.74) is 4.97. The molecule has 0 radical (unpaired) electrons. The number of hydrogen-bond acceptors (Lipinski definition) is 5. The van der Waals surface area contributed by atoms with Gasteiger partial charge in [-0.1, -0.05) is 58.2 Å². The highest BCUT2D eigenvalue weighted by molar-refractivity contribution is 5.98. The molecule has 6 heteroatoms. The summed E-state index contributed by atoms with van der Waals surface area (Å²) < 4.78 is 15.5. The van der Waals surface area contributed by atoms with Crippen molar-refractivity contribution in [2.24, 2.45) is 0 Å². The van der Waals surface area contributed by atoms with E-state index < -0.39 is 5.60 Å². The quantitative estimate of drug-likeness (QED) is 0.113. The van der Waals surface area contributed by atoms with E-state index in [1.54, 1.807) is 12.3 Å². The Morgan fingerprint density at radius 1 is 0.929 bits per heavy atom. The first-order valence-corrected chi connectivity index (χ1v) is 15.8. The van der Waals surface area contributed by atoms with Gasteiger partial charge in [0.05, 0.1) is 12.2 Å². The first kappa shape index (κ1) is 29.7. The summed E-state index contributed by atoms with van der Waals surface area (Å²) in [6.45, 7) is 14.3. The van der Waals surface area contributed by atoms with Crippen LogP contribution in [0.15, 0.2) is 60.8 Å². The molecular formula is C36H45N3O3. The van der Waals surface area contributed by atoms with Gasteiger partial charge in [0, 0.05) is 65.3 Å². The van der Waals surface area contributed by atoms with Gasteiger partial charge in [0.25, 0.3) is 0 Å². The molecule has 4 aromatic rings. The molecule has 2 aromatic heterocycles. The molecule has 0 aliphatic carbocycles. The molecule has 0 spiro atoms. The van der Waals surface area contributed by atoms with Crippen molar-refractivity contribution < 1.29 is 14.3 Å². The Morgan fingerprint density at radius 3 is 2.38 bits per heavy atom. The first-order valence-electron chi connectivity index (χ1n) is 15.8. The van der Waals surface area contributed by atoms with Crippen molar-refractivity contribution in [2.45, 2.75) is 85.3 Å². The number of unbranched alkanes of at least 4 members (excludes halogenated alkanes) is 3. The predicted octanol–water partition coefficient (Wildman–Crippen LogP) is 8.41. The summed E-state index contributed by atoms with van der Waals surface area (Å²) in [6.07, 6.45) is 8.27. The van der Waals surface area contributed by atoms with E-state index in [-0.39, 0.29) is 5.97 Å². The molecule has 2 aromatic carbocycles. The predicted molar refractivity (Wildman–Crippen MR) is 171 cm³/mol. The molecule has 1 aliphatic heterocycles. The molecule has 0 amide bonds. The van der Waals surface area contributed by atoms with Crippen molar-refractivity contribution in [3.63, 3.8) is 0 Å². The number of nitrogens with zero attached hydrogens (tertiary/aromatic N) is 3. The zero-order valence-electron chi connectivity index (χ0n) is 25.9. The molecule has 1 atom stereocenters. The van der Waals surface area contributed by atoms with Gasteiger partial charge in [-0.3, -0.25) is 4.98 Å². The number of aryl methyl sites for hydroxylation is 1. The number of ether oxygens (including phenoxy) is 2. The van der Waals surface area contributed by atoms with Crippen LogP contribution in [0.4, 0.5) is 5.69 Å². The van der Waals surface area contributed by atoms with E-state index in [0.717, 1.165) is 97.3 Å². The largest absolute Gasteiger partial charge is 0.493 e. The third-order valence-electron chi connectivity index (χ3n) is 8.53. The number of hydrogen-bond donors (Lipinski definition) is 0. The fraction of sp³-hybridized carbons (Fsp3) is 0.444. The molecule has 0 N–H and O–H groups in total. The summed E-state index contributed by atoms with van der Waals surface area (Å²) in [6, 6.07) is 18.5. The fourth-order valence-corrected chi connectivity index (χ4v) is 6.37. The van der Waals surface area contributed by atoms with Gasteiger partial charge in [-0.05, 0) is 63.4 Å². The number of cyclic esters (lactones) is 1. The monoisotopic (exact) mass is 567 g/mol. The van der Waals surface area contributed by atoms with Gasteiger partial charge < -0.3 is 18.9 Å². The highest BCUT2D eigenvalue weighted by Crippen LogP contribution is 2.53. The zero-order chi connectivity index (χ0) is 29.7. The SMILES string of the molecule is CCCCOc1cc(N(CCCC)CCCC)ccc1C1(c2c(C)n(CC)c3ccccc23)OC(=O)c2cccnc21. The second-order valence-electron chi connectivity index (χ2n) is 11.3. The van der Waals surface area contributed by atoms with Crippen LogP contribution in [0.2, 0.25) is 0 Å². The van der Waals surface area contributed by atoms with E-state index >= 15 is 0 Å². The normalized spacial score (nSPS) is 16.1. The molecule has 1 unspecified atom stereocenters. The number of esters is 1. The van der Waals surface area contributed by atoms with Crippen molar-refractivity contribution in [3.05, 3.63) is 88.9 Å². The summed E-state index contributed by atoms with van der Waals surface area (Å²) in [5, 5.41) is 1.05. The molecular weight excluding hydrogens is 522 g/mol. The van der Waals surface area contributed by atoms with Crippen LogP contribution >= 0.6 is 0 Å². The minimum atomic E-state index is -1.24. The lowest BCUT2D eigenvalue weighted by molar-refractivity contribution is 0.0237. The lowest BCUT2D eigenvalue weighted by Crippen LogP contribution is -2.32. The van der Waals surface area contributed by atoms with E-state index in [0.29, 0.717) is 17.9 Å². The Morgan fingerprint density at radius 2 is 1.67 bits per heavy atom. The second kappa shape index (κ2) is 13.0. The molecule has 0 saturated heterocycles.